The number of nitriles is 1. The summed E-state index contributed by atoms with van der Waals surface area (Å²) in [4.78, 5) is 0. The van der Waals surface area contributed by atoms with E-state index >= 15 is 0 Å². The van der Waals surface area contributed by atoms with Gasteiger partial charge in [-0.2, -0.15) is 10.4 Å². The van der Waals surface area contributed by atoms with Crippen LogP contribution in [0.5, 0.6) is 11.5 Å². The molecule has 0 radical (unpaired) electrons. The molecule has 0 spiro atoms. The van der Waals surface area contributed by atoms with E-state index in [1.54, 1.807) is 29.1 Å². The van der Waals surface area contributed by atoms with Crippen LogP contribution in [0.1, 0.15) is 23.1 Å². The lowest BCUT2D eigenvalue weighted by atomic mass is 10.1. The number of hydrogen-bond donors (Lipinski definition) is 0. The molecule has 4 nitrogen and oxygen atoms in total. The van der Waals surface area contributed by atoms with E-state index in [9.17, 15) is 9.65 Å². The Labute approximate surface area is 145 Å². The molecule has 2 aromatic carbocycles. The summed E-state index contributed by atoms with van der Waals surface area (Å²) in [7, 11) is 1.85. The third-order valence-electron chi connectivity index (χ3n) is 4.62. The monoisotopic (exact) mass is 333 g/mol. The van der Waals surface area contributed by atoms with E-state index < -0.39 is 0 Å². The minimum Gasteiger partial charge on any atom is -0.456 e. The Kier molecular flexibility index (Phi) is 3.73. The molecule has 0 atom stereocenters. The number of fused-ring (bicyclic) bond motifs is 1. The van der Waals surface area contributed by atoms with Crippen LogP contribution in [0.4, 0.5) is 4.39 Å². The van der Waals surface area contributed by atoms with Crippen LogP contribution in [-0.4, -0.2) is 9.78 Å². The van der Waals surface area contributed by atoms with E-state index in [4.69, 9.17) is 4.74 Å². The standard InChI is InChI=1S/C20H16FN3O/c1-24-18(9-10-23-24)13-5-7-19(14(11-13)12-22)25-20-8-6-17(21)15-3-2-4-16(15)20/h5-11H,2-4H2,1H3. The summed E-state index contributed by atoms with van der Waals surface area (Å²) in [6, 6.07) is 12.6. The van der Waals surface area contributed by atoms with E-state index in [0.29, 0.717) is 17.1 Å². The van der Waals surface area contributed by atoms with E-state index in [1.165, 1.54) is 6.07 Å². The molecule has 25 heavy (non-hydrogen) atoms. The first kappa shape index (κ1) is 15.4. The van der Waals surface area contributed by atoms with Crippen molar-refractivity contribution in [2.45, 2.75) is 19.3 Å². The maximum atomic E-state index is 13.9. The Morgan fingerprint density at radius 2 is 1.92 bits per heavy atom. The Balaban J connectivity index is 1.72. The van der Waals surface area contributed by atoms with Gasteiger partial charge < -0.3 is 4.74 Å². The molecule has 1 heterocycles. The average molecular weight is 333 g/mol. The molecule has 0 unspecified atom stereocenters. The van der Waals surface area contributed by atoms with Crippen molar-refractivity contribution in [3.63, 3.8) is 0 Å². The number of aryl methyl sites for hydroxylation is 1. The number of nitrogens with zero attached hydrogens (tertiary/aromatic N) is 3. The van der Waals surface area contributed by atoms with Gasteiger partial charge in [0.15, 0.2) is 0 Å². The van der Waals surface area contributed by atoms with Crippen molar-refractivity contribution in [2.24, 2.45) is 7.05 Å². The average Bonchev–Trinajstić information content (AvgIpc) is 3.27. The second-order valence-corrected chi connectivity index (χ2v) is 6.12. The molecule has 3 aromatic rings. The van der Waals surface area contributed by atoms with Gasteiger partial charge in [0, 0.05) is 24.4 Å². The van der Waals surface area contributed by atoms with Crippen LogP contribution >= 0.6 is 0 Å². The predicted octanol–water partition coefficient (Wildman–Crippen LogP) is 4.38. The van der Waals surface area contributed by atoms with Crippen molar-refractivity contribution in [1.82, 2.24) is 9.78 Å². The van der Waals surface area contributed by atoms with Gasteiger partial charge in [-0.1, -0.05) is 0 Å². The van der Waals surface area contributed by atoms with Crippen molar-refractivity contribution in [3.05, 3.63) is 65.1 Å². The lowest BCUT2D eigenvalue weighted by Gasteiger charge is -2.13. The minimum absolute atomic E-state index is 0.174. The highest BCUT2D eigenvalue weighted by Gasteiger charge is 2.20. The smallest absolute Gasteiger partial charge is 0.145 e. The van der Waals surface area contributed by atoms with E-state index in [2.05, 4.69) is 11.2 Å². The number of aromatic nitrogens is 2. The fourth-order valence-electron chi connectivity index (χ4n) is 3.37. The van der Waals surface area contributed by atoms with Crippen molar-refractivity contribution in [1.29, 1.82) is 5.26 Å². The molecule has 4 rings (SSSR count). The van der Waals surface area contributed by atoms with Crippen LogP contribution in [-0.2, 0) is 19.9 Å². The molecule has 1 aromatic heterocycles. The maximum Gasteiger partial charge on any atom is 0.145 e. The predicted molar refractivity (Wildman–Crippen MR) is 91.9 cm³/mol. The van der Waals surface area contributed by atoms with Gasteiger partial charge >= 0.3 is 0 Å². The molecule has 0 fully saturated rings. The number of halogens is 1. The molecule has 0 saturated heterocycles. The zero-order valence-electron chi connectivity index (χ0n) is 13.8. The molecule has 1 aliphatic rings. The molecular weight excluding hydrogens is 317 g/mol. The first-order valence-electron chi connectivity index (χ1n) is 8.18. The summed E-state index contributed by atoms with van der Waals surface area (Å²) < 4.78 is 21.6. The number of ether oxygens (including phenoxy) is 1. The minimum atomic E-state index is -0.174. The van der Waals surface area contributed by atoms with Crippen molar-refractivity contribution >= 4 is 0 Å². The third-order valence-corrected chi connectivity index (χ3v) is 4.62. The molecule has 5 heteroatoms. The van der Waals surface area contributed by atoms with Crippen LogP contribution in [0.2, 0.25) is 0 Å². The molecule has 0 amide bonds. The highest BCUT2D eigenvalue weighted by Crippen LogP contribution is 2.36. The van der Waals surface area contributed by atoms with Gasteiger partial charge in [0.1, 0.15) is 23.4 Å². The Morgan fingerprint density at radius 3 is 2.68 bits per heavy atom. The zero-order chi connectivity index (χ0) is 17.4. The SMILES string of the molecule is Cn1nccc1-c1ccc(Oc2ccc(F)c3c2CCC3)c(C#N)c1. The van der Waals surface area contributed by atoms with Crippen molar-refractivity contribution < 1.29 is 9.13 Å². The zero-order valence-corrected chi connectivity index (χ0v) is 13.8. The maximum absolute atomic E-state index is 13.9. The Bertz CT molecular complexity index is 1000. The molecule has 124 valence electrons. The lowest BCUT2D eigenvalue weighted by molar-refractivity contribution is 0.473. The van der Waals surface area contributed by atoms with Gasteiger partial charge in [-0.05, 0) is 61.2 Å². The van der Waals surface area contributed by atoms with Crippen molar-refractivity contribution in [3.8, 4) is 28.8 Å². The van der Waals surface area contributed by atoms with Gasteiger partial charge in [0.2, 0.25) is 0 Å². The Morgan fingerprint density at radius 1 is 1.12 bits per heavy atom. The van der Waals surface area contributed by atoms with E-state index in [1.807, 2.05) is 19.2 Å². The summed E-state index contributed by atoms with van der Waals surface area (Å²) in [5.74, 6) is 0.944. The number of benzene rings is 2. The normalized spacial score (nSPS) is 12.7. The quantitative estimate of drug-likeness (QED) is 0.715. The summed E-state index contributed by atoms with van der Waals surface area (Å²) in [6.45, 7) is 0. The molecule has 1 aliphatic carbocycles. The van der Waals surface area contributed by atoms with Crippen LogP contribution in [0, 0.1) is 17.1 Å². The summed E-state index contributed by atoms with van der Waals surface area (Å²) in [5, 5.41) is 13.7. The summed E-state index contributed by atoms with van der Waals surface area (Å²) >= 11 is 0. The van der Waals surface area contributed by atoms with Gasteiger partial charge in [-0.25, -0.2) is 4.39 Å². The van der Waals surface area contributed by atoms with Crippen LogP contribution in [0.3, 0.4) is 0 Å². The van der Waals surface area contributed by atoms with Crippen LogP contribution < -0.4 is 4.74 Å². The van der Waals surface area contributed by atoms with Gasteiger partial charge in [-0.3, -0.25) is 4.68 Å². The topological polar surface area (TPSA) is 50.8 Å². The first-order valence-corrected chi connectivity index (χ1v) is 8.18. The first-order chi connectivity index (χ1) is 12.2. The fourth-order valence-corrected chi connectivity index (χ4v) is 3.37. The third kappa shape index (κ3) is 2.66. The lowest BCUT2D eigenvalue weighted by Crippen LogP contribution is -1.97. The fraction of sp³-hybridized carbons (Fsp3) is 0.200. The van der Waals surface area contributed by atoms with Crippen molar-refractivity contribution in [2.75, 3.05) is 0 Å². The molecule has 0 saturated carbocycles. The second kappa shape index (κ2) is 6.06. The highest BCUT2D eigenvalue weighted by molar-refractivity contribution is 5.64. The van der Waals surface area contributed by atoms with Gasteiger partial charge in [-0.15, -0.1) is 0 Å². The Hall–Kier alpha value is -3.13. The van der Waals surface area contributed by atoms with Crippen LogP contribution in [0.15, 0.2) is 42.6 Å². The van der Waals surface area contributed by atoms with Gasteiger partial charge in [0.25, 0.3) is 0 Å². The highest BCUT2D eigenvalue weighted by atomic mass is 19.1. The summed E-state index contributed by atoms with van der Waals surface area (Å²) in [5.41, 5.74) is 3.91. The number of hydrogen-bond acceptors (Lipinski definition) is 3. The van der Waals surface area contributed by atoms with Crippen LogP contribution in [0.25, 0.3) is 11.3 Å². The molecule has 0 bridgehead atoms. The molecular formula is C20H16FN3O. The molecule has 0 N–H and O–H groups in total. The molecule has 0 aliphatic heterocycles. The number of rotatable bonds is 3. The summed E-state index contributed by atoms with van der Waals surface area (Å²) in [6.07, 6.45) is 4.19. The van der Waals surface area contributed by atoms with E-state index in [-0.39, 0.29) is 5.82 Å². The van der Waals surface area contributed by atoms with Gasteiger partial charge in [0.05, 0.1) is 11.3 Å². The van der Waals surface area contributed by atoms with E-state index in [0.717, 1.165) is 41.6 Å². The second-order valence-electron chi connectivity index (χ2n) is 6.12. The largest absolute Gasteiger partial charge is 0.456 e.